The highest BCUT2D eigenvalue weighted by atomic mass is 15.1. The minimum atomic E-state index is 1.12. The van der Waals surface area contributed by atoms with E-state index in [9.17, 15) is 0 Å². The molecule has 0 aliphatic heterocycles. The van der Waals surface area contributed by atoms with Crippen LogP contribution in [0.15, 0.2) is 194 Å². The summed E-state index contributed by atoms with van der Waals surface area (Å²) >= 11 is 0. The van der Waals surface area contributed by atoms with Crippen molar-refractivity contribution >= 4 is 71.2 Å². The van der Waals surface area contributed by atoms with Gasteiger partial charge in [-0.25, -0.2) is 0 Å². The molecule has 10 aromatic rings. The number of hydrogen-bond donors (Lipinski definition) is 0. The van der Waals surface area contributed by atoms with Crippen molar-refractivity contribution in [2.45, 2.75) is 0 Å². The van der Waals surface area contributed by atoms with Crippen molar-refractivity contribution in [3.8, 4) is 16.8 Å². The Morgan fingerprint density at radius 1 is 0.320 bits per heavy atom. The minimum Gasteiger partial charge on any atom is -0.310 e. The Kier molecular flexibility index (Phi) is 6.53. The fourth-order valence-corrected chi connectivity index (χ4v) is 7.71. The monoisotopic (exact) mass is 636 g/mol. The van der Waals surface area contributed by atoms with Crippen LogP contribution in [-0.4, -0.2) is 4.57 Å². The molecule has 0 N–H and O–H groups in total. The minimum absolute atomic E-state index is 1.12. The van der Waals surface area contributed by atoms with Crippen LogP contribution in [0.5, 0.6) is 0 Å². The molecule has 0 unspecified atom stereocenters. The summed E-state index contributed by atoms with van der Waals surface area (Å²) < 4.78 is 2.41. The van der Waals surface area contributed by atoms with E-state index >= 15 is 0 Å². The van der Waals surface area contributed by atoms with Gasteiger partial charge in [0, 0.05) is 33.5 Å². The summed E-state index contributed by atoms with van der Waals surface area (Å²) in [6, 6.07) is 70.5. The maximum Gasteiger partial charge on any atom is 0.0547 e. The van der Waals surface area contributed by atoms with Gasteiger partial charge in [-0.15, -0.1) is 0 Å². The van der Waals surface area contributed by atoms with Gasteiger partial charge in [0.15, 0.2) is 0 Å². The van der Waals surface area contributed by atoms with Gasteiger partial charge in [-0.05, 0) is 110 Å². The molecule has 2 nitrogen and oxygen atoms in total. The van der Waals surface area contributed by atoms with Gasteiger partial charge in [-0.2, -0.15) is 0 Å². The summed E-state index contributed by atoms with van der Waals surface area (Å²) in [5.41, 5.74) is 9.40. The van der Waals surface area contributed by atoms with Gasteiger partial charge in [-0.3, -0.25) is 0 Å². The smallest absolute Gasteiger partial charge is 0.0547 e. The van der Waals surface area contributed by atoms with Crippen molar-refractivity contribution < 1.29 is 0 Å². The Morgan fingerprint density at radius 3 is 1.76 bits per heavy atom. The lowest BCUT2D eigenvalue weighted by molar-refractivity contribution is 1.19. The van der Waals surface area contributed by atoms with E-state index in [4.69, 9.17) is 0 Å². The third-order valence-corrected chi connectivity index (χ3v) is 10.1. The van der Waals surface area contributed by atoms with E-state index < -0.39 is 0 Å². The zero-order valence-electron chi connectivity index (χ0n) is 27.4. The molecule has 10 rings (SSSR count). The highest BCUT2D eigenvalue weighted by Gasteiger charge is 2.16. The lowest BCUT2D eigenvalue weighted by Crippen LogP contribution is -2.09. The van der Waals surface area contributed by atoms with Gasteiger partial charge >= 0.3 is 0 Å². The Hall–Kier alpha value is -6.64. The molecule has 0 saturated heterocycles. The molecule has 0 fully saturated rings. The van der Waals surface area contributed by atoms with Gasteiger partial charge in [0.2, 0.25) is 0 Å². The van der Waals surface area contributed by atoms with Gasteiger partial charge in [0.05, 0.1) is 11.0 Å². The standard InChI is InChI=1S/C48H32N2/c1-2-13-40(14-3-1)49(41-25-20-34(21-26-41)37-19-18-33-10-4-5-12-36(33)30-37)42-27-22-39-32-43(28-23-38(39)31-42)50-46-17-9-8-16-45(46)48-44-15-7-6-11-35(44)24-29-47(48)50/h1-32H. The second-order valence-corrected chi connectivity index (χ2v) is 13.0. The van der Waals surface area contributed by atoms with E-state index in [2.05, 4.69) is 204 Å². The molecule has 9 aromatic carbocycles. The first kappa shape index (κ1) is 28.4. The van der Waals surface area contributed by atoms with Gasteiger partial charge in [0.1, 0.15) is 0 Å². The highest BCUT2D eigenvalue weighted by molar-refractivity contribution is 6.21. The first-order valence-electron chi connectivity index (χ1n) is 17.2. The van der Waals surface area contributed by atoms with Crippen LogP contribution in [0.3, 0.4) is 0 Å². The molecule has 0 amide bonds. The molecule has 1 heterocycles. The van der Waals surface area contributed by atoms with Crippen LogP contribution in [0.1, 0.15) is 0 Å². The number of fused-ring (bicyclic) bond motifs is 7. The van der Waals surface area contributed by atoms with Gasteiger partial charge in [-0.1, -0.05) is 127 Å². The van der Waals surface area contributed by atoms with E-state index in [1.54, 1.807) is 0 Å². The molecule has 0 aliphatic rings. The highest BCUT2D eigenvalue weighted by Crippen LogP contribution is 2.40. The van der Waals surface area contributed by atoms with Crippen LogP contribution < -0.4 is 4.90 Å². The molecule has 1 aromatic heterocycles. The third-order valence-electron chi connectivity index (χ3n) is 10.1. The summed E-state index contributed by atoms with van der Waals surface area (Å²) in [5.74, 6) is 0. The van der Waals surface area contributed by atoms with Crippen LogP contribution >= 0.6 is 0 Å². The number of hydrogen-bond acceptors (Lipinski definition) is 1. The van der Waals surface area contributed by atoms with Gasteiger partial charge < -0.3 is 9.47 Å². The Bertz CT molecular complexity index is 2860. The van der Waals surface area contributed by atoms with Gasteiger partial charge in [0.25, 0.3) is 0 Å². The zero-order valence-corrected chi connectivity index (χ0v) is 27.4. The Labute approximate surface area is 290 Å². The van der Waals surface area contributed by atoms with Crippen LogP contribution in [0.25, 0.3) is 70.9 Å². The van der Waals surface area contributed by atoms with Crippen LogP contribution in [0.2, 0.25) is 0 Å². The number of benzene rings is 9. The average Bonchev–Trinajstić information content (AvgIpc) is 3.53. The zero-order chi connectivity index (χ0) is 33.0. The lowest BCUT2D eigenvalue weighted by Gasteiger charge is -2.26. The predicted octanol–water partition coefficient (Wildman–Crippen LogP) is 13.4. The molecule has 0 bridgehead atoms. The quantitative estimate of drug-likeness (QED) is 0.182. The van der Waals surface area contributed by atoms with Crippen molar-refractivity contribution in [3.05, 3.63) is 194 Å². The summed E-state index contributed by atoms with van der Waals surface area (Å²) in [7, 11) is 0. The van der Waals surface area contributed by atoms with E-state index in [1.807, 2.05) is 0 Å². The molecule has 0 saturated carbocycles. The Balaban J connectivity index is 1.06. The second kappa shape index (κ2) is 11.5. The molecular formula is C48H32N2. The second-order valence-electron chi connectivity index (χ2n) is 13.0. The average molecular weight is 637 g/mol. The van der Waals surface area contributed by atoms with Crippen LogP contribution in [0, 0.1) is 0 Å². The van der Waals surface area contributed by atoms with E-state index in [-0.39, 0.29) is 0 Å². The summed E-state index contributed by atoms with van der Waals surface area (Å²) in [5, 5.41) is 10.1. The van der Waals surface area contributed by atoms with Crippen LogP contribution in [0.4, 0.5) is 17.1 Å². The van der Waals surface area contributed by atoms with Crippen molar-refractivity contribution in [1.82, 2.24) is 4.57 Å². The van der Waals surface area contributed by atoms with E-state index in [0.717, 1.165) is 22.7 Å². The molecule has 0 spiro atoms. The maximum atomic E-state index is 2.41. The largest absolute Gasteiger partial charge is 0.310 e. The normalized spacial score (nSPS) is 11.6. The van der Waals surface area contributed by atoms with E-state index in [0.29, 0.717) is 0 Å². The summed E-state index contributed by atoms with van der Waals surface area (Å²) in [6.07, 6.45) is 0. The van der Waals surface area contributed by atoms with Crippen molar-refractivity contribution in [2.24, 2.45) is 0 Å². The van der Waals surface area contributed by atoms with Crippen molar-refractivity contribution in [3.63, 3.8) is 0 Å². The molecule has 0 radical (unpaired) electrons. The number of rotatable bonds is 5. The SMILES string of the molecule is c1ccc(N(c2ccc(-c3ccc4ccccc4c3)cc2)c2ccc3cc(-n4c5ccccc5c5c6ccccc6ccc54)ccc3c2)cc1. The Morgan fingerprint density at radius 2 is 0.900 bits per heavy atom. The number of para-hydroxylation sites is 2. The summed E-state index contributed by atoms with van der Waals surface area (Å²) in [4.78, 5) is 2.34. The molecule has 0 atom stereocenters. The molecule has 234 valence electrons. The first-order valence-corrected chi connectivity index (χ1v) is 17.2. The van der Waals surface area contributed by atoms with E-state index in [1.165, 1.54) is 65.3 Å². The molecule has 0 aliphatic carbocycles. The van der Waals surface area contributed by atoms with Crippen molar-refractivity contribution in [1.29, 1.82) is 0 Å². The molecule has 50 heavy (non-hydrogen) atoms. The molecule has 2 heteroatoms. The number of aromatic nitrogens is 1. The van der Waals surface area contributed by atoms with Crippen molar-refractivity contribution in [2.75, 3.05) is 4.90 Å². The fraction of sp³-hybridized carbons (Fsp3) is 0. The third kappa shape index (κ3) is 4.65. The topological polar surface area (TPSA) is 8.17 Å². The fourth-order valence-electron chi connectivity index (χ4n) is 7.71. The lowest BCUT2D eigenvalue weighted by atomic mass is 10.0. The molecular weight excluding hydrogens is 605 g/mol. The van der Waals surface area contributed by atoms with Crippen LogP contribution in [-0.2, 0) is 0 Å². The number of anilines is 3. The predicted molar refractivity (Wildman–Crippen MR) is 213 cm³/mol. The summed E-state index contributed by atoms with van der Waals surface area (Å²) in [6.45, 7) is 0. The maximum absolute atomic E-state index is 2.41. The number of nitrogens with zero attached hydrogens (tertiary/aromatic N) is 2. The first-order chi connectivity index (χ1) is 24.8.